The first-order valence-corrected chi connectivity index (χ1v) is 21.2. The van der Waals surface area contributed by atoms with Crippen molar-refractivity contribution >= 4 is 19.8 Å². The van der Waals surface area contributed by atoms with Crippen LogP contribution in [0.1, 0.15) is 181 Å². The van der Waals surface area contributed by atoms with Gasteiger partial charge in [0.1, 0.15) is 19.8 Å². The maximum atomic E-state index is 12.6. The second-order valence-electron chi connectivity index (χ2n) is 14.7. The highest BCUT2D eigenvalue weighted by Gasteiger charge is 2.21. The van der Waals surface area contributed by atoms with Crippen molar-refractivity contribution in [2.24, 2.45) is 0 Å². The number of phosphoric ester groups is 1. The number of nitrogens with zero attached hydrogens (tertiary/aromatic N) is 1. The monoisotopic (exact) mass is 706 g/mol. The van der Waals surface area contributed by atoms with Crippen LogP contribution in [-0.4, -0.2) is 70.0 Å². The molecule has 0 aromatic carbocycles. The number of ether oxygens (including phenoxy) is 2. The van der Waals surface area contributed by atoms with Crippen molar-refractivity contribution in [2.45, 2.75) is 187 Å². The first kappa shape index (κ1) is 47.0. The van der Waals surface area contributed by atoms with Gasteiger partial charge in [-0.05, 0) is 12.8 Å². The van der Waals surface area contributed by atoms with Gasteiger partial charge in [0.2, 0.25) is 0 Å². The summed E-state index contributed by atoms with van der Waals surface area (Å²) < 4.78 is 33.7. The van der Waals surface area contributed by atoms with Crippen LogP contribution in [0.25, 0.3) is 0 Å². The zero-order chi connectivity index (χ0) is 35.8. The maximum absolute atomic E-state index is 12.6. The fourth-order valence-electron chi connectivity index (χ4n) is 5.48. The third-order valence-electron chi connectivity index (χ3n) is 8.63. The van der Waals surface area contributed by atoms with Crippen molar-refractivity contribution < 1.29 is 42.1 Å². The summed E-state index contributed by atoms with van der Waals surface area (Å²) in [6.07, 6.45) is 28.4. The Kier molecular flexibility index (Phi) is 31.3. The number of esters is 2. The summed E-state index contributed by atoms with van der Waals surface area (Å²) in [5, 5.41) is 0. The molecule has 286 valence electrons. The number of likely N-dealkylation sites (N-methyl/N-ethyl adjacent to an activating group) is 1. The molecule has 0 spiro atoms. The first-order chi connectivity index (χ1) is 23.0. The molecule has 0 amide bonds. The van der Waals surface area contributed by atoms with E-state index in [1.165, 1.54) is 116 Å². The summed E-state index contributed by atoms with van der Waals surface area (Å²) in [6, 6.07) is 0. The van der Waals surface area contributed by atoms with Crippen LogP contribution in [0.5, 0.6) is 0 Å². The molecule has 0 bridgehead atoms. The van der Waals surface area contributed by atoms with Crippen molar-refractivity contribution in [2.75, 3.05) is 47.5 Å². The number of hydrogen-bond donors (Lipinski definition) is 0. The quantitative estimate of drug-likeness (QED) is 0.0274. The third kappa shape index (κ3) is 34.9. The molecule has 0 aliphatic carbocycles. The highest BCUT2D eigenvalue weighted by Crippen LogP contribution is 2.38. The van der Waals surface area contributed by atoms with Gasteiger partial charge in [0.15, 0.2) is 6.10 Å². The summed E-state index contributed by atoms with van der Waals surface area (Å²) in [4.78, 5) is 37.3. The number of carbonyl (C=O) groups is 2. The van der Waals surface area contributed by atoms with Gasteiger partial charge in [-0.1, -0.05) is 155 Å². The molecule has 1 unspecified atom stereocenters. The topological polar surface area (TPSA) is 111 Å². The van der Waals surface area contributed by atoms with Gasteiger partial charge in [0.25, 0.3) is 7.82 Å². The lowest BCUT2D eigenvalue weighted by atomic mass is 10.0. The van der Waals surface area contributed by atoms with Gasteiger partial charge in [-0.3, -0.25) is 14.2 Å². The molecule has 0 saturated heterocycles. The number of rotatable bonds is 36. The second-order valence-corrected chi connectivity index (χ2v) is 16.1. The minimum Gasteiger partial charge on any atom is -0.756 e. The normalized spacial score (nSPS) is 13.7. The molecular formula is C38H76NO8P. The predicted octanol–water partition coefficient (Wildman–Crippen LogP) is 9.83. The molecule has 0 heterocycles. The van der Waals surface area contributed by atoms with Crippen LogP contribution in [0.15, 0.2) is 0 Å². The zero-order valence-corrected chi connectivity index (χ0v) is 32.8. The van der Waals surface area contributed by atoms with Crippen LogP contribution in [0.2, 0.25) is 0 Å². The summed E-state index contributed by atoms with van der Waals surface area (Å²) >= 11 is 0. The van der Waals surface area contributed by atoms with Crippen LogP contribution in [0.3, 0.4) is 0 Å². The van der Waals surface area contributed by atoms with Crippen LogP contribution >= 0.6 is 7.82 Å². The van der Waals surface area contributed by atoms with Gasteiger partial charge in [-0.2, -0.15) is 0 Å². The Morgan fingerprint density at radius 1 is 0.562 bits per heavy atom. The van der Waals surface area contributed by atoms with E-state index in [2.05, 4.69) is 13.8 Å². The van der Waals surface area contributed by atoms with E-state index in [1.54, 1.807) is 0 Å². The number of unbranched alkanes of at least 4 members (excludes halogenated alkanes) is 22. The van der Waals surface area contributed by atoms with Gasteiger partial charge >= 0.3 is 11.9 Å². The SMILES string of the molecule is CCCCCCCCCCCCCCCCC(=O)O[C@H](COC(=O)CCCCCCCCCCCC)COP(=O)([O-])OCC[N+](C)(C)C. The second kappa shape index (κ2) is 32.0. The van der Waals surface area contributed by atoms with Gasteiger partial charge in [0.05, 0.1) is 27.7 Å². The van der Waals surface area contributed by atoms with E-state index in [0.29, 0.717) is 17.4 Å². The van der Waals surface area contributed by atoms with Gasteiger partial charge < -0.3 is 27.9 Å². The standard InChI is InChI=1S/C38H76NO8P/c1-6-8-10-12-14-16-18-19-20-21-23-25-27-29-31-38(41)47-36(35-46-48(42,43)45-33-32-39(3,4)5)34-44-37(40)30-28-26-24-22-17-15-13-11-9-7-2/h36H,6-35H2,1-5H3/t36-/m1/s1. The van der Waals surface area contributed by atoms with E-state index in [0.717, 1.165) is 32.1 Å². The molecule has 2 atom stereocenters. The molecule has 0 aromatic rings. The van der Waals surface area contributed by atoms with Crippen molar-refractivity contribution in [3.63, 3.8) is 0 Å². The average molecular weight is 706 g/mol. The summed E-state index contributed by atoms with van der Waals surface area (Å²) in [5.74, 6) is -0.827. The number of quaternary nitrogens is 1. The summed E-state index contributed by atoms with van der Waals surface area (Å²) in [6.45, 7) is 4.22. The van der Waals surface area contributed by atoms with E-state index in [1.807, 2.05) is 21.1 Å². The number of phosphoric acid groups is 1. The van der Waals surface area contributed by atoms with Crippen molar-refractivity contribution in [1.29, 1.82) is 0 Å². The lowest BCUT2D eigenvalue weighted by Crippen LogP contribution is -2.37. The van der Waals surface area contributed by atoms with Crippen LogP contribution in [0, 0.1) is 0 Å². The van der Waals surface area contributed by atoms with E-state index in [9.17, 15) is 19.0 Å². The van der Waals surface area contributed by atoms with E-state index >= 15 is 0 Å². The Hall–Kier alpha value is -0.990. The number of hydrogen-bond acceptors (Lipinski definition) is 8. The van der Waals surface area contributed by atoms with Gasteiger partial charge in [-0.15, -0.1) is 0 Å². The molecule has 9 nitrogen and oxygen atoms in total. The van der Waals surface area contributed by atoms with Crippen molar-refractivity contribution in [3.05, 3.63) is 0 Å². The summed E-state index contributed by atoms with van der Waals surface area (Å²) in [7, 11) is 1.18. The van der Waals surface area contributed by atoms with Crippen LogP contribution in [-0.2, 0) is 32.7 Å². The maximum Gasteiger partial charge on any atom is 0.306 e. The fraction of sp³-hybridized carbons (Fsp3) is 0.947. The molecule has 10 heteroatoms. The minimum atomic E-state index is -4.61. The Bertz CT molecular complexity index is 804. The Morgan fingerprint density at radius 3 is 1.33 bits per heavy atom. The van der Waals surface area contributed by atoms with Crippen molar-refractivity contribution in [1.82, 2.24) is 0 Å². The van der Waals surface area contributed by atoms with E-state index in [-0.39, 0.29) is 32.0 Å². The molecule has 0 aliphatic heterocycles. The molecular weight excluding hydrogens is 629 g/mol. The zero-order valence-electron chi connectivity index (χ0n) is 32.0. The molecule has 0 radical (unpaired) electrons. The molecule has 0 saturated carbocycles. The minimum absolute atomic E-state index is 0.0261. The number of carbonyl (C=O) groups excluding carboxylic acids is 2. The van der Waals surface area contributed by atoms with Gasteiger partial charge in [-0.25, -0.2) is 0 Å². The Balaban J connectivity index is 4.39. The highest BCUT2D eigenvalue weighted by atomic mass is 31.2. The van der Waals surface area contributed by atoms with E-state index < -0.39 is 26.5 Å². The largest absolute Gasteiger partial charge is 0.756 e. The molecule has 0 rings (SSSR count). The Labute approximate surface area is 295 Å². The smallest absolute Gasteiger partial charge is 0.306 e. The third-order valence-corrected chi connectivity index (χ3v) is 9.59. The lowest BCUT2D eigenvalue weighted by Gasteiger charge is -2.28. The predicted molar refractivity (Wildman–Crippen MR) is 195 cm³/mol. The molecule has 0 aliphatic rings. The first-order valence-electron chi connectivity index (χ1n) is 19.7. The highest BCUT2D eigenvalue weighted by molar-refractivity contribution is 7.45. The van der Waals surface area contributed by atoms with E-state index in [4.69, 9.17) is 18.5 Å². The van der Waals surface area contributed by atoms with Crippen LogP contribution < -0.4 is 4.89 Å². The lowest BCUT2D eigenvalue weighted by molar-refractivity contribution is -0.870. The fourth-order valence-corrected chi connectivity index (χ4v) is 6.21. The van der Waals surface area contributed by atoms with Crippen molar-refractivity contribution in [3.8, 4) is 0 Å². The molecule has 48 heavy (non-hydrogen) atoms. The van der Waals surface area contributed by atoms with Crippen LogP contribution in [0.4, 0.5) is 0 Å². The summed E-state index contributed by atoms with van der Waals surface area (Å²) in [5.41, 5.74) is 0. The molecule has 0 aromatic heterocycles. The molecule has 0 fully saturated rings. The molecule has 0 N–H and O–H groups in total. The average Bonchev–Trinajstić information content (AvgIpc) is 3.02. The van der Waals surface area contributed by atoms with Gasteiger partial charge in [0, 0.05) is 12.8 Å². The Morgan fingerprint density at radius 2 is 0.938 bits per heavy atom.